The van der Waals surface area contributed by atoms with Crippen LogP contribution in [0.15, 0.2) is 39.3 Å². The summed E-state index contributed by atoms with van der Waals surface area (Å²) in [7, 11) is 0. The van der Waals surface area contributed by atoms with Crippen LogP contribution < -0.4 is 0 Å². The van der Waals surface area contributed by atoms with E-state index >= 15 is 0 Å². The van der Waals surface area contributed by atoms with Gasteiger partial charge in [-0.05, 0) is 37.3 Å². The third-order valence-corrected chi connectivity index (χ3v) is 4.83. The molecule has 0 N–H and O–H groups in total. The van der Waals surface area contributed by atoms with Crippen LogP contribution in [0.25, 0.3) is 11.1 Å². The number of benzene rings is 1. The minimum atomic E-state index is -0.0801. The number of nitrogens with zero attached hydrogens (tertiary/aromatic N) is 3. The van der Waals surface area contributed by atoms with E-state index in [1.165, 1.54) is 0 Å². The fourth-order valence-electron chi connectivity index (χ4n) is 3.48. The third-order valence-electron chi connectivity index (χ3n) is 4.83. The molecule has 0 radical (unpaired) electrons. The van der Waals surface area contributed by atoms with Crippen molar-refractivity contribution in [2.24, 2.45) is 5.92 Å². The van der Waals surface area contributed by atoms with Crippen molar-refractivity contribution < 1.29 is 13.7 Å². The molecule has 3 heterocycles. The Morgan fingerprint density at radius 1 is 1.27 bits per heavy atom. The van der Waals surface area contributed by atoms with Gasteiger partial charge in [0.05, 0.1) is 5.69 Å². The van der Waals surface area contributed by atoms with E-state index in [1.54, 1.807) is 6.07 Å². The smallest absolute Gasteiger partial charge is 0.292 e. The Bertz CT molecular complexity index is 871. The van der Waals surface area contributed by atoms with Crippen LogP contribution >= 0.6 is 0 Å². The maximum atomic E-state index is 12.6. The molecule has 0 spiro atoms. The first-order valence-electron chi connectivity index (χ1n) is 9.20. The first kappa shape index (κ1) is 16.8. The van der Waals surface area contributed by atoms with E-state index in [0.29, 0.717) is 24.8 Å². The van der Waals surface area contributed by atoms with Crippen molar-refractivity contribution in [3.8, 4) is 0 Å². The molecule has 4 rings (SSSR count). The van der Waals surface area contributed by atoms with Gasteiger partial charge in [0.2, 0.25) is 5.76 Å². The Morgan fingerprint density at radius 2 is 2.04 bits per heavy atom. The number of carbonyl (C=O) groups is 1. The molecule has 0 saturated carbocycles. The second kappa shape index (κ2) is 6.94. The largest absolute Gasteiger partial charge is 0.440 e. The van der Waals surface area contributed by atoms with Crippen molar-refractivity contribution in [2.75, 3.05) is 13.1 Å². The summed E-state index contributed by atoms with van der Waals surface area (Å²) >= 11 is 0. The van der Waals surface area contributed by atoms with Gasteiger partial charge in [0, 0.05) is 25.1 Å². The molecule has 0 aliphatic carbocycles. The lowest BCUT2D eigenvalue weighted by Gasteiger charge is -2.29. The first-order chi connectivity index (χ1) is 12.6. The lowest BCUT2D eigenvalue weighted by atomic mass is 9.96. The highest BCUT2D eigenvalue weighted by Crippen LogP contribution is 2.30. The quantitative estimate of drug-likeness (QED) is 0.708. The molecule has 1 aliphatic rings. The van der Waals surface area contributed by atoms with Crippen molar-refractivity contribution in [1.82, 2.24) is 15.0 Å². The second-order valence-corrected chi connectivity index (χ2v) is 7.37. The number of para-hydroxylation sites is 2. The summed E-state index contributed by atoms with van der Waals surface area (Å²) in [5.41, 5.74) is 2.55. The van der Waals surface area contributed by atoms with Gasteiger partial charge in [-0.3, -0.25) is 4.79 Å². The number of likely N-dealkylation sites (tertiary alicyclic amines) is 1. The van der Waals surface area contributed by atoms with Crippen LogP contribution in [0.5, 0.6) is 0 Å². The van der Waals surface area contributed by atoms with Gasteiger partial charge < -0.3 is 13.8 Å². The van der Waals surface area contributed by atoms with Gasteiger partial charge in [0.25, 0.3) is 5.91 Å². The van der Waals surface area contributed by atoms with Crippen molar-refractivity contribution in [3.05, 3.63) is 47.7 Å². The van der Waals surface area contributed by atoms with E-state index in [0.717, 1.165) is 41.9 Å². The number of hydrogen-bond acceptors (Lipinski definition) is 5. The zero-order valence-electron chi connectivity index (χ0n) is 15.1. The summed E-state index contributed by atoms with van der Waals surface area (Å²) in [6.45, 7) is 5.57. The maximum Gasteiger partial charge on any atom is 0.292 e. The van der Waals surface area contributed by atoms with Crippen molar-refractivity contribution in [1.29, 1.82) is 0 Å². The van der Waals surface area contributed by atoms with E-state index in [1.807, 2.05) is 29.2 Å². The fourth-order valence-corrected chi connectivity index (χ4v) is 3.48. The van der Waals surface area contributed by atoms with Crippen molar-refractivity contribution in [3.63, 3.8) is 0 Å². The molecule has 0 unspecified atom stereocenters. The van der Waals surface area contributed by atoms with Crippen molar-refractivity contribution >= 4 is 17.0 Å². The lowest BCUT2D eigenvalue weighted by molar-refractivity contribution is 0.0664. The molecule has 1 fully saturated rings. The summed E-state index contributed by atoms with van der Waals surface area (Å²) in [6.07, 6.45) is 2.49. The number of carbonyl (C=O) groups excluding carboxylic acids is 1. The molecular weight excluding hydrogens is 330 g/mol. The van der Waals surface area contributed by atoms with Crippen molar-refractivity contribution in [2.45, 2.75) is 39.0 Å². The van der Waals surface area contributed by atoms with E-state index in [-0.39, 0.29) is 11.8 Å². The monoisotopic (exact) mass is 353 g/mol. The molecule has 6 heteroatoms. The molecular formula is C20H23N3O3. The fraction of sp³-hybridized carbons (Fsp3) is 0.450. The second-order valence-electron chi connectivity index (χ2n) is 7.37. The van der Waals surface area contributed by atoms with Gasteiger partial charge in [0.15, 0.2) is 11.5 Å². The number of fused-ring (bicyclic) bond motifs is 1. The summed E-state index contributed by atoms with van der Waals surface area (Å²) in [4.78, 5) is 19.1. The Balaban J connectivity index is 1.39. The SMILES string of the molecule is CC(C)Cc1cc(C(=O)N2CCC(c3nc4ccccc4o3)CC2)on1. The van der Waals surface area contributed by atoms with Gasteiger partial charge in [0.1, 0.15) is 5.52 Å². The summed E-state index contributed by atoms with van der Waals surface area (Å²) < 4.78 is 11.1. The van der Waals surface area contributed by atoms with E-state index in [4.69, 9.17) is 8.94 Å². The third kappa shape index (κ3) is 3.36. The average molecular weight is 353 g/mol. The highest BCUT2D eigenvalue weighted by Gasteiger charge is 2.29. The van der Waals surface area contributed by atoms with Crippen LogP contribution in [-0.2, 0) is 6.42 Å². The van der Waals surface area contributed by atoms with Crippen LogP contribution in [0, 0.1) is 5.92 Å². The van der Waals surface area contributed by atoms with Crippen LogP contribution in [0.1, 0.15) is 54.7 Å². The Hall–Kier alpha value is -2.63. The first-order valence-corrected chi connectivity index (χ1v) is 9.20. The highest BCUT2D eigenvalue weighted by molar-refractivity contribution is 5.91. The highest BCUT2D eigenvalue weighted by atomic mass is 16.5. The van der Waals surface area contributed by atoms with Gasteiger partial charge in [-0.1, -0.05) is 31.1 Å². The molecule has 0 bridgehead atoms. The summed E-state index contributed by atoms with van der Waals surface area (Å²) in [5, 5.41) is 4.01. The summed E-state index contributed by atoms with van der Waals surface area (Å²) in [5.74, 6) is 1.76. The van der Waals surface area contributed by atoms with Gasteiger partial charge in [-0.15, -0.1) is 0 Å². The lowest BCUT2D eigenvalue weighted by Crippen LogP contribution is -2.37. The zero-order chi connectivity index (χ0) is 18.1. The van der Waals surface area contributed by atoms with Crippen LogP contribution in [0.3, 0.4) is 0 Å². The Labute approximate surface area is 152 Å². The minimum Gasteiger partial charge on any atom is -0.440 e. The van der Waals surface area contributed by atoms with E-state index in [2.05, 4.69) is 24.0 Å². The molecule has 1 aromatic carbocycles. The van der Waals surface area contributed by atoms with Crippen LogP contribution in [-0.4, -0.2) is 34.0 Å². The van der Waals surface area contributed by atoms with E-state index < -0.39 is 0 Å². The number of amides is 1. The standard InChI is InChI=1S/C20H23N3O3/c1-13(2)11-15-12-18(26-22-15)20(24)23-9-7-14(8-10-23)19-21-16-5-3-4-6-17(16)25-19/h3-6,12-14H,7-11H2,1-2H3. The number of rotatable bonds is 4. The number of aromatic nitrogens is 2. The minimum absolute atomic E-state index is 0.0801. The van der Waals surface area contributed by atoms with Gasteiger partial charge in [-0.25, -0.2) is 4.98 Å². The number of hydrogen-bond donors (Lipinski definition) is 0. The molecule has 3 aromatic rings. The normalized spacial score (nSPS) is 15.9. The summed E-state index contributed by atoms with van der Waals surface area (Å²) in [6, 6.07) is 9.57. The van der Waals surface area contributed by atoms with Crippen LogP contribution in [0.4, 0.5) is 0 Å². The van der Waals surface area contributed by atoms with Gasteiger partial charge >= 0.3 is 0 Å². The average Bonchev–Trinajstić information content (AvgIpc) is 3.27. The predicted molar refractivity (Wildman–Crippen MR) is 96.9 cm³/mol. The Kier molecular flexibility index (Phi) is 4.49. The molecule has 26 heavy (non-hydrogen) atoms. The molecule has 1 saturated heterocycles. The molecule has 136 valence electrons. The van der Waals surface area contributed by atoms with E-state index in [9.17, 15) is 4.79 Å². The molecule has 2 aromatic heterocycles. The molecule has 6 nitrogen and oxygen atoms in total. The molecule has 1 aliphatic heterocycles. The maximum absolute atomic E-state index is 12.6. The Morgan fingerprint density at radius 3 is 2.77 bits per heavy atom. The zero-order valence-corrected chi connectivity index (χ0v) is 15.1. The number of oxazole rings is 1. The molecule has 0 atom stereocenters. The molecule has 1 amide bonds. The topological polar surface area (TPSA) is 72.4 Å². The van der Waals surface area contributed by atoms with Crippen LogP contribution in [0.2, 0.25) is 0 Å². The van der Waals surface area contributed by atoms with Gasteiger partial charge in [-0.2, -0.15) is 0 Å². The predicted octanol–water partition coefficient (Wildman–Crippen LogP) is 4.03. The number of piperidine rings is 1.